The third-order valence-corrected chi connectivity index (χ3v) is 2.68. The second-order valence-electron chi connectivity index (χ2n) is 3.44. The summed E-state index contributed by atoms with van der Waals surface area (Å²) in [7, 11) is 0. The summed E-state index contributed by atoms with van der Waals surface area (Å²) in [6, 6.07) is 0. The van der Waals surface area contributed by atoms with Gasteiger partial charge in [-0.2, -0.15) is 0 Å². The van der Waals surface area contributed by atoms with Gasteiger partial charge in [-0.3, -0.25) is 4.84 Å². The van der Waals surface area contributed by atoms with Crippen molar-refractivity contribution in [3.05, 3.63) is 0 Å². The maximum atomic E-state index is 5.41. The van der Waals surface area contributed by atoms with Gasteiger partial charge in [-0.15, -0.1) is 0 Å². The van der Waals surface area contributed by atoms with Crippen molar-refractivity contribution in [2.24, 2.45) is 0 Å². The summed E-state index contributed by atoms with van der Waals surface area (Å²) >= 11 is 0. The maximum absolute atomic E-state index is 5.41. The molecule has 2 aliphatic rings. The highest BCUT2D eigenvalue weighted by Gasteiger charge is 2.37. The molecule has 2 nitrogen and oxygen atoms in total. The van der Waals surface area contributed by atoms with Crippen LogP contribution >= 0.6 is 0 Å². The van der Waals surface area contributed by atoms with E-state index >= 15 is 0 Å². The van der Waals surface area contributed by atoms with Crippen molar-refractivity contribution >= 4 is 0 Å². The van der Waals surface area contributed by atoms with E-state index in [-0.39, 0.29) is 5.60 Å². The van der Waals surface area contributed by atoms with Gasteiger partial charge in [0.25, 0.3) is 0 Å². The molecule has 1 spiro atoms. The van der Waals surface area contributed by atoms with Crippen molar-refractivity contribution < 1.29 is 4.84 Å². The lowest BCUT2D eigenvalue weighted by molar-refractivity contribution is -0.0786. The Balaban J connectivity index is 1.98. The Bertz CT molecular complexity index is 110. The van der Waals surface area contributed by atoms with Crippen molar-refractivity contribution in [2.75, 3.05) is 6.54 Å². The van der Waals surface area contributed by atoms with E-state index in [1.165, 1.54) is 38.5 Å². The number of rotatable bonds is 0. The predicted molar refractivity (Wildman–Crippen MR) is 38.5 cm³/mol. The molecule has 1 aliphatic heterocycles. The lowest BCUT2D eigenvalue weighted by Crippen LogP contribution is -2.30. The van der Waals surface area contributed by atoms with Gasteiger partial charge in [-0.1, -0.05) is 24.7 Å². The van der Waals surface area contributed by atoms with Crippen molar-refractivity contribution in [1.82, 2.24) is 5.48 Å². The van der Waals surface area contributed by atoms with Crippen LogP contribution in [0.2, 0.25) is 0 Å². The molecule has 1 aliphatic carbocycles. The summed E-state index contributed by atoms with van der Waals surface area (Å²) in [6.07, 6.45) is 7.75. The average Bonchev–Trinajstić information content (AvgIpc) is 2.39. The Hall–Kier alpha value is -0.0800. The Kier molecular flexibility index (Phi) is 1.66. The smallest absolute Gasteiger partial charge is 0.0930 e. The first-order valence-corrected chi connectivity index (χ1v) is 4.26. The summed E-state index contributed by atoms with van der Waals surface area (Å²) in [5, 5.41) is 0. The molecule has 0 amide bonds. The zero-order valence-electron chi connectivity index (χ0n) is 6.31. The van der Waals surface area contributed by atoms with E-state index in [4.69, 9.17) is 4.84 Å². The fourth-order valence-electron chi connectivity index (χ4n) is 2.02. The monoisotopic (exact) mass is 140 g/mol. The highest BCUT2D eigenvalue weighted by atomic mass is 16.7. The number of nitrogens with zero attached hydrogens (tertiary/aromatic N) is 1. The largest absolute Gasteiger partial charge is 0.275 e. The molecule has 0 aromatic carbocycles. The molecule has 2 fully saturated rings. The first kappa shape index (κ1) is 6.62. The van der Waals surface area contributed by atoms with E-state index in [1.807, 2.05) is 0 Å². The highest BCUT2D eigenvalue weighted by molar-refractivity contribution is 4.86. The van der Waals surface area contributed by atoms with Crippen molar-refractivity contribution in [3.63, 3.8) is 0 Å². The average molecular weight is 140 g/mol. The molecule has 0 unspecified atom stereocenters. The molecule has 0 atom stereocenters. The molecule has 10 heavy (non-hydrogen) atoms. The third kappa shape index (κ3) is 1.06. The van der Waals surface area contributed by atoms with Gasteiger partial charge in [0.05, 0.1) is 5.60 Å². The minimum atomic E-state index is 0.207. The van der Waals surface area contributed by atoms with Crippen LogP contribution in [0.3, 0.4) is 0 Å². The van der Waals surface area contributed by atoms with Crippen LogP contribution < -0.4 is 5.48 Å². The summed E-state index contributed by atoms with van der Waals surface area (Å²) in [5.74, 6) is 0. The van der Waals surface area contributed by atoms with Crippen molar-refractivity contribution in [1.29, 1.82) is 0 Å². The van der Waals surface area contributed by atoms with Crippen LogP contribution in [-0.4, -0.2) is 12.1 Å². The van der Waals surface area contributed by atoms with E-state index in [0.717, 1.165) is 6.54 Å². The Morgan fingerprint density at radius 3 is 2.40 bits per heavy atom. The van der Waals surface area contributed by atoms with Crippen molar-refractivity contribution in [2.45, 2.75) is 44.1 Å². The molecule has 2 heteroatoms. The Labute approximate surface area is 61.9 Å². The van der Waals surface area contributed by atoms with Crippen LogP contribution in [0.4, 0.5) is 0 Å². The van der Waals surface area contributed by atoms with Crippen LogP contribution in [-0.2, 0) is 4.84 Å². The molecule has 0 bridgehead atoms. The fourth-order valence-corrected chi connectivity index (χ4v) is 2.02. The van der Waals surface area contributed by atoms with E-state index < -0.39 is 0 Å². The Morgan fingerprint density at radius 2 is 1.80 bits per heavy atom. The lowest BCUT2D eigenvalue weighted by Gasteiger charge is -2.30. The quantitative estimate of drug-likeness (QED) is 0.501. The van der Waals surface area contributed by atoms with E-state index in [9.17, 15) is 0 Å². The van der Waals surface area contributed by atoms with Gasteiger partial charge >= 0.3 is 0 Å². The van der Waals surface area contributed by atoms with Crippen LogP contribution in [0, 0.1) is 0 Å². The van der Waals surface area contributed by atoms with Gasteiger partial charge in [-0.05, 0) is 19.3 Å². The lowest BCUT2D eigenvalue weighted by atomic mass is 9.83. The van der Waals surface area contributed by atoms with E-state index in [0.29, 0.717) is 0 Å². The molecule has 1 radical (unpaired) electrons. The zero-order valence-corrected chi connectivity index (χ0v) is 6.31. The van der Waals surface area contributed by atoms with Gasteiger partial charge < -0.3 is 0 Å². The number of hydroxylamine groups is 1. The molecule has 57 valence electrons. The van der Waals surface area contributed by atoms with Crippen LogP contribution in [0.1, 0.15) is 38.5 Å². The molecule has 0 N–H and O–H groups in total. The third-order valence-electron chi connectivity index (χ3n) is 2.68. The summed E-state index contributed by atoms with van der Waals surface area (Å²) in [4.78, 5) is 5.41. The molecule has 1 heterocycles. The first-order chi connectivity index (χ1) is 4.91. The molecule has 1 saturated carbocycles. The van der Waals surface area contributed by atoms with E-state index in [2.05, 4.69) is 5.48 Å². The Morgan fingerprint density at radius 1 is 1.00 bits per heavy atom. The summed E-state index contributed by atoms with van der Waals surface area (Å²) in [5.41, 5.74) is 4.17. The minimum Gasteiger partial charge on any atom is -0.275 e. The van der Waals surface area contributed by atoms with E-state index in [1.54, 1.807) is 0 Å². The highest BCUT2D eigenvalue weighted by Crippen LogP contribution is 2.36. The molecule has 0 aromatic heterocycles. The second-order valence-corrected chi connectivity index (χ2v) is 3.44. The molecule has 2 rings (SSSR count). The molecular weight excluding hydrogens is 126 g/mol. The van der Waals surface area contributed by atoms with Gasteiger partial charge in [0.1, 0.15) is 0 Å². The number of hydrogen-bond acceptors (Lipinski definition) is 1. The van der Waals surface area contributed by atoms with Gasteiger partial charge in [0.2, 0.25) is 0 Å². The van der Waals surface area contributed by atoms with Gasteiger partial charge in [0, 0.05) is 6.54 Å². The maximum Gasteiger partial charge on any atom is 0.0930 e. The molecule has 1 saturated heterocycles. The van der Waals surface area contributed by atoms with Crippen LogP contribution in [0.25, 0.3) is 0 Å². The predicted octanol–water partition coefficient (Wildman–Crippen LogP) is 1.63. The summed E-state index contributed by atoms with van der Waals surface area (Å²) in [6.45, 7) is 0.931. The summed E-state index contributed by atoms with van der Waals surface area (Å²) < 4.78 is 0. The standard InChI is InChI=1S/C8H14NO/c1-2-4-8(5-3-1)6-7-9-10-8/h1-7H2. The first-order valence-electron chi connectivity index (χ1n) is 4.26. The van der Waals surface area contributed by atoms with Crippen LogP contribution in [0.15, 0.2) is 0 Å². The van der Waals surface area contributed by atoms with Crippen LogP contribution in [0.5, 0.6) is 0 Å². The normalized spacial score (nSPS) is 31.2. The topological polar surface area (TPSA) is 23.3 Å². The number of hydrogen-bond donors (Lipinski definition) is 0. The minimum absolute atomic E-state index is 0.207. The fraction of sp³-hybridized carbons (Fsp3) is 1.00. The van der Waals surface area contributed by atoms with Gasteiger partial charge in [0.15, 0.2) is 0 Å². The SMILES string of the molecule is C1CCC2(CC1)CC[N]O2. The second kappa shape index (κ2) is 2.51. The zero-order chi connectivity index (χ0) is 6.86. The van der Waals surface area contributed by atoms with Gasteiger partial charge in [-0.25, -0.2) is 0 Å². The molecular formula is C8H14NO. The molecule has 0 aromatic rings. The van der Waals surface area contributed by atoms with Crippen molar-refractivity contribution in [3.8, 4) is 0 Å².